The summed E-state index contributed by atoms with van der Waals surface area (Å²) in [4.78, 5) is 19.0. The summed E-state index contributed by atoms with van der Waals surface area (Å²) in [7, 11) is 0. The Morgan fingerprint density at radius 2 is 2.10 bits per heavy atom. The number of morpholine rings is 1. The van der Waals surface area contributed by atoms with E-state index in [0.717, 1.165) is 32.0 Å². The molecule has 5 nitrogen and oxygen atoms in total. The van der Waals surface area contributed by atoms with Crippen LogP contribution in [-0.4, -0.2) is 37.2 Å². The minimum Gasteiger partial charge on any atom is -0.378 e. The zero-order chi connectivity index (χ0) is 14.7. The second kappa shape index (κ2) is 6.43. The van der Waals surface area contributed by atoms with Crippen molar-refractivity contribution in [3.8, 4) is 0 Å². The molecule has 1 N–H and O–H groups in total. The van der Waals surface area contributed by atoms with Gasteiger partial charge in [-0.25, -0.2) is 4.98 Å². The number of nitrogens with one attached hydrogen (secondary N) is 1. The van der Waals surface area contributed by atoms with Crippen molar-refractivity contribution >= 4 is 40.4 Å². The number of halogens is 1. The lowest BCUT2D eigenvalue weighted by atomic mass is 10.3. The summed E-state index contributed by atoms with van der Waals surface area (Å²) in [6, 6.07) is 7.16. The van der Waals surface area contributed by atoms with Crippen LogP contribution in [0.4, 0.5) is 11.5 Å². The molecule has 1 saturated heterocycles. The maximum absolute atomic E-state index is 12.0. The largest absolute Gasteiger partial charge is 0.378 e. The number of carbonyl (C=O) groups excluding carboxylic acids is 1. The summed E-state index contributed by atoms with van der Waals surface area (Å²) in [5, 5.41) is 2.76. The van der Waals surface area contributed by atoms with Gasteiger partial charge < -0.3 is 15.0 Å². The van der Waals surface area contributed by atoms with Crippen LogP contribution in [0.2, 0.25) is 4.34 Å². The topological polar surface area (TPSA) is 54.5 Å². The number of amides is 1. The van der Waals surface area contributed by atoms with E-state index < -0.39 is 0 Å². The number of thiophene rings is 1. The molecule has 0 atom stereocenters. The first kappa shape index (κ1) is 14.3. The van der Waals surface area contributed by atoms with Crippen molar-refractivity contribution < 1.29 is 9.53 Å². The minimum atomic E-state index is -0.196. The van der Waals surface area contributed by atoms with Crippen LogP contribution < -0.4 is 10.2 Å². The number of carbonyl (C=O) groups is 1. The maximum atomic E-state index is 12.0. The molecule has 21 heavy (non-hydrogen) atoms. The van der Waals surface area contributed by atoms with Gasteiger partial charge in [-0.15, -0.1) is 11.3 Å². The molecule has 7 heteroatoms. The molecule has 0 spiro atoms. The normalized spacial score (nSPS) is 15.0. The van der Waals surface area contributed by atoms with Crippen LogP contribution in [-0.2, 0) is 4.74 Å². The summed E-state index contributed by atoms with van der Waals surface area (Å²) >= 11 is 7.07. The van der Waals surface area contributed by atoms with Gasteiger partial charge >= 0.3 is 0 Å². The van der Waals surface area contributed by atoms with Crippen LogP contribution in [0.25, 0.3) is 0 Å². The van der Waals surface area contributed by atoms with Gasteiger partial charge in [0.05, 0.1) is 34.3 Å². The monoisotopic (exact) mass is 323 g/mol. The molecule has 0 radical (unpaired) electrons. The second-order valence-corrected chi connectivity index (χ2v) is 6.27. The van der Waals surface area contributed by atoms with Crippen molar-refractivity contribution in [1.82, 2.24) is 4.98 Å². The molecule has 0 aromatic carbocycles. The van der Waals surface area contributed by atoms with E-state index in [1.54, 1.807) is 24.4 Å². The highest BCUT2D eigenvalue weighted by atomic mass is 35.5. The van der Waals surface area contributed by atoms with Crippen molar-refractivity contribution in [2.24, 2.45) is 0 Å². The lowest BCUT2D eigenvalue weighted by molar-refractivity contribution is 0.103. The van der Waals surface area contributed by atoms with E-state index in [0.29, 0.717) is 15.0 Å². The molecule has 0 aliphatic carbocycles. The molecule has 3 heterocycles. The molecule has 2 aromatic rings. The van der Waals surface area contributed by atoms with Crippen molar-refractivity contribution in [3.05, 3.63) is 39.7 Å². The molecule has 2 aromatic heterocycles. The van der Waals surface area contributed by atoms with Gasteiger partial charge in [0.1, 0.15) is 5.82 Å². The summed E-state index contributed by atoms with van der Waals surface area (Å²) < 4.78 is 5.91. The number of aromatic nitrogens is 1. The summed E-state index contributed by atoms with van der Waals surface area (Å²) in [6.07, 6.45) is 1.77. The van der Waals surface area contributed by atoms with Crippen molar-refractivity contribution in [1.29, 1.82) is 0 Å². The average Bonchev–Trinajstić information content (AvgIpc) is 2.96. The van der Waals surface area contributed by atoms with E-state index in [1.807, 2.05) is 6.07 Å². The molecular formula is C14H14ClN3O2S. The predicted molar refractivity (Wildman–Crippen MR) is 84.6 cm³/mol. The number of anilines is 2. The lowest BCUT2D eigenvalue weighted by Crippen LogP contribution is -2.36. The number of ether oxygens (including phenoxy) is 1. The van der Waals surface area contributed by atoms with E-state index in [-0.39, 0.29) is 5.91 Å². The van der Waals surface area contributed by atoms with Crippen LogP contribution in [0, 0.1) is 0 Å². The lowest BCUT2D eigenvalue weighted by Gasteiger charge is -2.28. The van der Waals surface area contributed by atoms with Gasteiger partial charge in [0, 0.05) is 13.1 Å². The number of nitrogens with zero attached hydrogens (tertiary/aromatic N) is 2. The van der Waals surface area contributed by atoms with Crippen LogP contribution in [0.5, 0.6) is 0 Å². The van der Waals surface area contributed by atoms with Gasteiger partial charge in [0.25, 0.3) is 5.91 Å². The third-order valence-corrected chi connectivity index (χ3v) is 4.39. The zero-order valence-corrected chi connectivity index (χ0v) is 12.8. The second-order valence-electron chi connectivity index (χ2n) is 4.56. The zero-order valence-electron chi connectivity index (χ0n) is 11.2. The summed E-state index contributed by atoms with van der Waals surface area (Å²) in [5.74, 6) is 0.333. The maximum Gasteiger partial charge on any atom is 0.266 e. The predicted octanol–water partition coefficient (Wildman–Crippen LogP) is 2.89. The highest BCUT2D eigenvalue weighted by Gasteiger charge is 2.13. The fourth-order valence-electron chi connectivity index (χ4n) is 2.08. The van der Waals surface area contributed by atoms with Crippen molar-refractivity contribution in [2.45, 2.75) is 0 Å². The molecule has 1 aliphatic rings. The Morgan fingerprint density at radius 3 is 2.71 bits per heavy atom. The van der Waals surface area contributed by atoms with Gasteiger partial charge in [-0.2, -0.15) is 0 Å². The van der Waals surface area contributed by atoms with Crippen LogP contribution in [0.1, 0.15) is 9.67 Å². The fourth-order valence-corrected chi connectivity index (χ4v) is 3.02. The van der Waals surface area contributed by atoms with Gasteiger partial charge in [0.15, 0.2) is 0 Å². The molecule has 110 valence electrons. The van der Waals surface area contributed by atoms with Crippen LogP contribution in [0.3, 0.4) is 0 Å². The number of rotatable bonds is 3. The van der Waals surface area contributed by atoms with E-state index in [2.05, 4.69) is 15.2 Å². The number of hydrogen-bond donors (Lipinski definition) is 1. The molecule has 3 rings (SSSR count). The van der Waals surface area contributed by atoms with Crippen molar-refractivity contribution in [3.63, 3.8) is 0 Å². The first-order chi connectivity index (χ1) is 10.2. The van der Waals surface area contributed by atoms with Gasteiger partial charge in [0.2, 0.25) is 0 Å². The van der Waals surface area contributed by atoms with Gasteiger partial charge in [-0.3, -0.25) is 4.79 Å². The van der Waals surface area contributed by atoms with Crippen LogP contribution in [0.15, 0.2) is 30.5 Å². The summed E-state index contributed by atoms with van der Waals surface area (Å²) in [6.45, 7) is 3.19. The van der Waals surface area contributed by atoms with E-state index in [1.165, 1.54) is 11.3 Å². The Hall–Kier alpha value is -1.63. The third-order valence-electron chi connectivity index (χ3n) is 3.16. The first-order valence-electron chi connectivity index (χ1n) is 6.58. The number of hydrogen-bond acceptors (Lipinski definition) is 5. The fraction of sp³-hybridized carbons (Fsp3) is 0.286. The summed E-state index contributed by atoms with van der Waals surface area (Å²) in [5.41, 5.74) is 1.04. The highest BCUT2D eigenvalue weighted by molar-refractivity contribution is 7.18. The number of pyridine rings is 1. The quantitative estimate of drug-likeness (QED) is 0.943. The molecular weight excluding hydrogens is 310 g/mol. The minimum absolute atomic E-state index is 0.196. The first-order valence-corrected chi connectivity index (χ1v) is 7.77. The molecule has 1 fully saturated rings. The van der Waals surface area contributed by atoms with E-state index >= 15 is 0 Å². The van der Waals surface area contributed by atoms with Crippen molar-refractivity contribution in [2.75, 3.05) is 36.5 Å². The Labute approximate surface area is 131 Å². The van der Waals surface area contributed by atoms with E-state index in [4.69, 9.17) is 16.3 Å². The smallest absolute Gasteiger partial charge is 0.266 e. The average molecular weight is 324 g/mol. The van der Waals surface area contributed by atoms with Crippen LogP contribution >= 0.6 is 22.9 Å². The molecule has 0 saturated carbocycles. The Morgan fingerprint density at radius 1 is 1.29 bits per heavy atom. The Balaban J connectivity index is 1.65. The Bertz CT molecular complexity index is 623. The SMILES string of the molecule is O=C(Nc1ccc(N2CCOCC2)cn1)c1ccc(Cl)s1. The molecule has 0 bridgehead atoms. The molecule has 0 unspecified atom stereocenters. The molecule has 1 amide bonds. The Kier molecular flexibility index (Phi) is 4.38. The molecule has 1 aliphatic heterocycles. The third kappa shape index (κ3) is 3.53. The highest BCUT2D eigenvalue weighted by Crippen LogP contribution is 2.22. The van der Waals surface area contributed by atoms with Gasteiger partial charge in [-0.1, -0.05) is 11.6 Å². The standard InChI is InChI=1S/C14H14ClN3O2S/c15-12-3-2-11(21-12)14(19)17-13-4-1-10(9-16-13)18-5-7-20-8-6-18/h1-4,9H,5-8H2,(H,16,17,19). The van der Waals surface area contributed by atoms with Gasteiger partial charge in [-0.05, 0) is 24.3 Å². The van der Waals surface area contributed by atoms with E-state index in [9.17, 15) is 4.79 Å².